The molecule has 3 heteroatoms. The molecule has 3 nitrogen and oxygen atoms in total. The van der Waals surface area contributed by atoms with Crippen LogP contribution in [0.1, 0.15) is 63.9 Å². The Morgan fingerprint density at radius 1 is 1.20 bits per heavy atom. The van der Waals surface area contributed by atoms with Crippen LogP contribution in [0.2, 0.25) is 0 Å². The number of nitrogens with one attached hydrogen (secondary N) is 1. The number of hydrogen-bond acceptors (Lipinski definition) is 3. The maximum Gasteiger partial charge on any atom is 0.137 e. The van der Waals surface area contributed by atoms with Crippen molar-refractivity contribution in [1.82, 2.24) is 10.3 Å². The molecule has 2 rings (SSSR count). The van der Waals surface area contributed by atoms with Crippen molar-refractivity contribution in [1.29, 1.82) is 0 Å². The minimum atomic E-state index is 0.581. The van der Waals surface area contributed by atoms with Gasteiger partial charge in [-0.1, -0.05) is 26.2 Å². The van der Waals surface area contributed by atoms with Crippen LogP contribution in [0.3, 0.4) is 0 Å². The molecule has 1 heterocycles. The summed E-state index contributed by atoms with van der Waals surface area (Å²) in [6.07, 6.45) is 11.6. The Bertz CT molecular complexity index is 394. The number of pyridine rings is 1. The number of aromatic nitrogens is 1. The van der Waals surface area contributed by atoms with Crippen molar-refractivity contribution in [2.24, 2.45) is 0 Å². The van der Waals surface area contributed by atoms with E-state index >= 15 is 0 Å². The lowest BCUT2D eigenvalue weighted by Crippen LogP contribution is -2.34. The summed E-state index contributed by atoms with van der Waals surface area (Å²) in [5.41, 5.74) is 1.34. The molecule has 1 aromatic rings. The zero-order valence-electron chi connectivity index (χ0n) is 12.9. The summed E-state index contributed by atoms with van der Waals surface area (Å²) in [5.74, 6) is 1.49. The average Bonchev–Trinajstić information content (AvgIpc) is 2.71. The fraction of sp³-hybridized carbons (Fsp3) is 0.706. The summed E-state index contributed by atoms with van der Waals surface area (Å²) in [7, 11) is 0. The van der Waals surface area contributed by atoms with Crippen molar-refractivity contribution in [2.75, 3.05) is 13.2 Å². The van der Waals surface area contributed by atoms with Crippen molar-refractivity contribution in [3.63, 3.8) is 0 Å². The average molecular weight is 276 g/mol. The summed E-state index contributed by atoms with van der Waals surface area (Å²) in [6.45, 7) is 6.06. The second-order valence-corrected chi connectivity index (χ2v) is 5.69. The van der Waals surface area contributed by atoms with Gasteiger partial charge in [0.2, 0.25) is 0 Å². The monoisotopic (exact) mass is 276 g/mol. The van der Waals surface area contributed by atoms with E-state index in [0.717, 1.165) is 12.3 Å². The van der Waals surface area contributed by atoms with Crippen LogP contribution in [0, 0.1) is 0 Å². The minimum absolute atomic E-state index is 0.581. The van der Waals surface area contributed by atoms with Gasteiger partial charge in [-0.3, -0.25) is 4.98 Å². The number of hydrogen-bond donors (Lipinski definition) is 1. The van der Waals surface area contributed by atoms with E-state index in [4.69, 9.17) is 4.74 Å². The van der Waals surface area contributed by atoms with E-state index in [2.05, 4.69) is 23.3 Å². The Hall–Kier alpha value is -1.09. The first-order valence-electron chi connectivity index (χ1n) is 8.16. The normalized spacial score (nSPS) is 23.3. The van der Waals surface area contributed by atoms with Gasteiger partial charge >= 0.3 is 0 Å². The summed E-state index contributed by atoms with van der Waals surface area (Å²) in [4.78, 5) is 4.37. The molecule has 0 amide bonds. The number of ether oxygens (including phenoxy) is 1. The van der Waals surface area contributed by atoms with Crippen LogP contribution in [0.4, 0.5) is 0 Å². The van der Waals surface area contributed by atoms with Gasteiger partial charge in [0.1, 0.15) is 5.75 Å². The van der Waals surface area contributed by atoms with Crippen LogP contribution in [0.15, 0.2) is 18.5 Å². The molecule has 1 N–H and O–H groups in total. The Kier molecular flexibility index (Phi) is 6.31. The van der Waals surface area contributed by atoms with Crippen LogP contribution in [-0.4, -0.2) is 24.2 Å². The lowest BCUT2D eigenvalue weighted by molar-refractivity contribution is 0.337. The Morgan fingerprint density at radius 3 is 2.85 bits per heavy atom. The molecule has 1 fully saturated rings. The van der Waals surface area contributed by atoms with Gasteiger partial charge in [0.25, 0.3) is 0 Å². The van der Waals surface area contributed by atoms with Crippen LogP contribution in [-0.2, 0) is 0 Å². The molecule has 20 heavy (non-hydrogen) atoms. The highest BCUT2D eigenvalue weighted by molar-refractivity contribution is 5.27. The van der Waals surface area contributed by atoms with Crippen LogP contribution >= 0.6 is 0 Å². The highest BCUT2D eigenvalue weighted by atomic mass is 16.5. The third-order valence-corrected chi connectivity index (χ3v) is 4.15. The number of rotatable bonds is 6. The van der Waals surface area contributed by atoms with E-state index < -0.39 is 0 Å². The SMILES string of the molecule is CCCNC1CCCCCC1c1cncc(OCC)c1. The second kappa shape index (κ2) is 8.25. The molecular formula is C17H28N2O. The third-order valence-electron chi connectivity index (χ3n) is 4.15. The fourth-order valence-corrected chi connectivity index (χ4v) is 3.16. The molecule has 0 aliphatic heterocycles. The molecule has 2 unspecified atom stereocenters. The molecule has 1 aromatic heterocycles. The van der Waals surface area contributed by atoms with E-state index in [1.54, 1.807) is 0 Å². The molecule has 1 saturated carbocycles. The molecule has 0 spiro atoms. The molecule has 1 aliphatic carbocycles. The standard InChI is InChI=1S/C17H28N2O/c1-3-10-19-17-9-7-5-6-8-16(17)14-11-15(20-4-2)13-18-12-14/h11-13,16-17,19H,3-10H2,1-2H3. The van der Waals surface area contributed by atoms with Gasteiger partial charge in [-0.05, 0) is 44.4 Å². The molecular weight excluding hydrogens is 248 g/mol. The Labute approximate surface area is 123 Å². The topological polar surface area (TPSA) is 34.2 Å². The lowest BCUT2D eigenvalue weighted by Gasteiger charge is -2.26. The third kappa shape index (κ3) is 4.20. The van der Waals surface area contributed by atoms with Gasteiger partial charge in [-0.15, -0.1) is 0 Å². The quantitative estimate of drug-likeness (QED) is 0.800. The molecule has 112 valence electrons. The van der Waals surface area contributed by atoms with Crippen molar-refractivity contribution in [3.05, 3.63) is 24.0 Å². The molecule has 0 radical (unpaired) electrons. The van der Waals surface area contributed by atoms with Crippen molar-refractivity contribution < 1.29 is 4.74 Å². The molecule has 0 bridgehead atoms. The van der Waals surface area contributed by atoms with Gasteiger partial charge in [0.15, 0.2) is 0 Å². The first-order chi connectivity index (χ1) is 9.85. The summed E-state index contributed by atoms with van der Waals surface area (Å²) in [6, 6.07) is 2.78. The van der Waals surface area contributed by atoms with Crippen LogP contribution < -0.4 is 10.1 Å². The van der Waals surface area contributed by atoms with Crippen LogP contribution in [0.5, 0.6) is 5.75 Å². The molecule has 1 aliphatic rings. The van der Waals surface area contributed by atoms with Crippen molar-refractivity contribution in [3.8, 4) is 5.75 Å². The highest BCUT2D eigenvalue weighted by Gasteiger charge is 2.25. The predicted molar refractivity (Wildman–Crippen MR) is 83.3 cm³/mol. The first-order valence-corrected chi connectivity index (χ1v) is 8.16. The predicted octanol–water partition coefficient (Wildman–Crippen LogP) is 3.90. The van der Waals surface area contributed by atoms with Gasteiger partial charge in [-0.2, -0.15) is 0 Å². The largest absolute Gasteiger partial charge is 0.492 e. The van der Waals surface area contributed by atoms with E-state index in [9.17, 15) is 0 Å². The Morgan fingerprint density at radius 2 is 2.05 bits per heavy atom. The van der Waals surface area contributed by atoms with Gasteiger partial charge in [-0.25, -0.2) is 0 Å². The smallest absolute Gasteiger partial charge is 0.137 e. The van der Waals surface area contributed by atoms with E-state index in [-0.39, 0.29) is 0 Å². The van der Waals surface area contributed by atoms with E-state index in [1.807, 2.05) is 19.3 Å². The fourth-order valence-electron chi connectivity index (χ4n) is 3.16. The summed E-state index contributed by atoms with van der Waals surface area (Å²) in [5, 5.41) is 3.74. The maximum absolute atomic E-state index is 5.60. The lowest BCUT2D eigenvalue weighted by atomic mass is 9.88. The van der Waals surface area contributed by atoms with E-state index in [1.165, 1.54) is 44.1 Å². The molecule has 2 atom stereocenters. The Balaban J connectivity index is 2.14. The van der Waals surface area contributed by atoms with Gasteiger partial charge in [0, 0.05) is 18.2 Å². The zero-order valence-corrected chi connectivity index (χ0v) is 12.9. The van der Waals surface area contributed by atoms with Crippen molar-refractivity contribution >= 4 is 0 Å². The van der Waals surface area contributed by atoms with E-state index in [0.29, 0.717) is 18.6 Å². The van der Waals surface area contributed by atoms with Crippen LogP contribution in [0.25, 0.3) is 0 Å². The second-order valence-electron chi connectivity index (χ2n) is 5.69. The zero-order chi connectivity index (χ0) is 14.2. The molecule has 0 saturated heterocycles. The highest BCUT2D eigenvalue weighted by Crippen LogP contribution is 2.33. The first kappa shape index (κ1) is 15.3. The maximum atomic E-state index is 5.60. The number of nitrogens with zero attached hydrogens (tertiary/aromatic N) is 1. The summed E-state index contributed by atoms with van der Waals surface area (Å²) >= 11 is 0. The molecule has 0 aromatic carbocycles. The van der Waals surface area contributed by atoms with Gasteiger partial charge < -0.3 is 10.1 Å². The van der Waals surface area contributed by atoms with Gasteiger partial charge in [0.05, 0.1) is 12.8 Å². The minimum Gasteiger partial charge on any atom is -0.492 e. The summed E-state index contributed by atoms with van der Waals surface area (Å²) < 4.78 is 5.60. The van der Waals surface area contributed by atoms with Crippen molar-refractivity contribution in [2.45, 2.75) is 64.3 Å².